The molecule has 1 heterocycles. The monoisotopic (exact) mass is 461 g/mol. The number of carbonyl (C=O) groups is 2. The third kappa shape index (κ3) is 5.31. The van der Waals surface area contributed by atoms with E-state index in [2.05, 4.69) is 10.3 Å². The molecule has 9 heteroatoms. The van der Waals surface area contributed by atoms with E-state index in [0.717, 1.165) is 0 Å². The standard InChI is InChI=1S/C22H18Cl2FN3O3/c1-13(29)28(15-6-7-20(31-2)19(25)11-15)21-10-14(8-9-26-21)27-22(30)12-16-17(23)4-3-5-18(16)24/h3-11H,12H2,1-2H3,(H,26,27,30). The molecule has 1 aromatic heterocycles. The molecule has 0 aliphatic carbocycles. The molecule has 2 aromatic carbocycles. The number of hydrogen-bond acceptors (Lipinski definition) is 4. The minimum absolute atomic E-state index is 0.0315. The summed E-state index contributed by atoms with van der Waals surface area (Å²) in [6.07, 6.45) is 1.40. The van der Waals surface area contributed by atoms with Crippen molar-refractivity contribution in [3.63, 3.8) is 0 Å². The Morgan fingerprint density at radius 3 is 2.45 bits per heavy atom. The maximum absolute atomic E-state index is 14.2. The number of nitrogens with zero attached hydrogens (tertiary/aromatic N) is 2. The smallest absolute Gasteiger partial charge is 0.229 e. The van der Waals surface area contributed by atoms with Gasteiger partial charge in [-0.1, -0.05) is 29.3 Å². The van der Waals surface area contributed by atoms with Crippen LogP contribution in [0.3, 0.4) is 0 Å². The maximum Gasteiger partial charge on any atom is 0.229 e. The van der Waals surface area contributed by atoms with E-state index in [1.54, 1.807) is 24.3 Å². The van der Waals surface area contributed by atoms with Gasteiger partial charge >= 0.3 is 0 Å². The van der Waals surface area contributed by atoms with Gasteiger partial charge in [-0.15, -0.1) is 0 Å². The predicted octanol–water partition coefficient (Wildman–Crippen LogP) is 5.40. The van der Waals surface area contributed by atoms with Gasteiger partial charge in [-0.05, 0) is 35.9 Å². The summed E-state index contributed by atoms with van der Waals surface area (Å²) in [6.45, 7) is 1.33. The second-order valence-corrected chi connectivity index (χ2v) is 7.32. The van der Waals surface area contributed by atoms with Gasteiger partial charge < -0.3 is 10.1 Å². The van der Waals surface area contributed by atoms with E-state index < -0.39 is 5.82 Å². The molecule has 3 rings (SSSR count). The molecule has 0 spiro atoms. The highest BCUT2D eigenvalue weighted by atomic mass is 35.5. The zero-order valence-corrected chi connectivity index (χ0v) is 18.2. The Balaban J connectivity index is 1.84. The van der Waals surface area contributed by atoms with Crippen molar-refractivity contribution in [3.05, 3.63) is 76.2 Å². The number of halogens is 3. The van der Waals surface area contributed by atoms with Crippen molar-refractivity contribution in [2.75, 3.05) is 17.3 Å². The minimum Gasteiger partial charge on any atom is -0.494 e. The van der Waals surface area contributed by atoms with Crippen molar-refractivity contribution in [1.82, 2.24) is 4.98 Å². The molecule has 6 nitrogen and oxygen atoms in total. The van der Waals surface area contributed by atoms with Crippen molar-refractivity contribution >= 4 is 52.2 Å². The summed E-state index contributed by atoms with van der Waals surface area (Å²) in [5, 5.41) is 3.51. The van der Waals surface area contributed by atoms with E-state index in [4.69, 9.17) is 27.9 Å². The SMILES string of the molecule is COc1ccc(N(C(C)=O)c2cc(NC(=O)Cc3c(Cl)cccc3Cl)ccn2)cc1F. The molecule has 0 unspecified atom stereocenters. The topological polar surface area (TPSA) is 71.5 Å². The minimum atomic E-state index is -0.618. The summed E-state index contributed by atoms with van der Waals surface area (Å²) in [5.41, 5.74) is 1.18. The van der Waals surface area contributed by atoms with Crippen LogP contribution in [0.5, 0.6) is 5.75 Å². The molecule has 0 aliphatic rings. The first kappa shape index (κ1) is 22.5. The molecule has 3 aromatic rings. The Bertz CT molecular complexity index is 1120. The third-order valence-electron chi connectivity index (χ3n) is 4.37. The van der Waals surface area contributed by atoms with Crippen LogP contribution in [0, 0.1) is 5.82 Å². The fourth-order valence-electron chi connectivity index (χ4n) is 2.96. The molecule has 0 saturated heterocycles. The van der Waals surface area contributed by atoms with Gasteiger partial charge in [0.25, 0.3) is 0 Å². The van der Waals surface area contributed by atoms with Crippen molar-refractivity contribution in [2.24, 2.45) is 0 Å². The normalized spacial score (nSPS) is 10.5. The van der Waals surface area contributed by atoms with Crippen LogP contribution in [-0.2, 0) is 16.0 Å². The van der Waals surface area contributed by atoms with E-state index in [0.29, 0.717) is 21.3 Å². The van der Waals surface area contributed by atoms with Crippen LogP contribution in [0.15, 0.2) is 54.7 Å². The summed E-state index contributed by atoms with van der Waals surface area (Å²) in [6, 6.07) is 12.2. The number of carbonyl (C=O) groups excluding carboxylic acids is 2. The lowest BCUT2D eigenvalue weighted by molar-refractivity contribution is -0.116. The van der Waals surface area contributed by atoms with Gasteiger partial charge in [-0.3, -0.25) is 14.5 Å². The number of methoxy groups -OCH3 is 1. The molecular weight excluding hydrogens is 444 g/mol. The number of aromatic nitrogens is 1. The van der Waals surface area contributed by atoms with E-state index in [-0.39, 0.29) is 35.5 Å². The van der Waals surface area contributed by atoms with Gasteiger partial charge in [0.1, 0.15) is 5.82 Å². The summed E-state index contributed by atoms with van der Waals surface area (Å²) in [5.74, 6) is -1.09. The maximum atomic E-state index is 14.2. The van der Waals surface area contributed by atoms with Crippen LogP contribution in [-0.4, -0.2) is 23.9 Å². The van der Waals surface area contributed by atoms with E-state index in [9.17, 15) is 14.0 Å². The number of amides is 2. The molecule has 31 heavy (non-hydrogen) atoms. The van der Waals surface area contributed by atoms with Crippen LogP contribution in [0.25, 0.3) is 0 Å². The zero-order chi connectivity index (χ0) is 22.5. The quantitative estimate of drug-likeness (QED) is 0.533. The number of nitrogens with one attached hydrogen (secondary N) is 1. The van der Waals surface area contributed by atoms with Crippen LogP contribution in [0.4, 0.5) is 21.6 Å². The van der Waals surface area contributed by atoms with Gasteiger partial charge in [0.05, 0.1) is 19.2 Å². The Kier molecular flexibility index (Phi) is 7.09. The number of anilines is 3. The van der Waals surface area contributed by atoms with E-state index >= 15 is 0 Å². The Labute approximate surface area is 188 Å². The molecule has 0 radical (unpaired) electrons. The molecule has 160 valence electrons. The fourth-order valence-corrected chi connectivity index (χ4v) is 3.49. The van der Waals surface area contributed by atoms with Crippen LogP contribution >= 0.6 is 23.2 Å². The fraction of sp³-hybridized carbons (Fsp3) is 0.136. The van der Waals surface area contributed by atoms with Crippen LogP contribution in [0.2, 0.25) is 10.0 Å². The van der Waals surface area contributed by atoms with Crippen LogP contribution in [0.1, 0.15) is 12.5 Å². The number of hydrogen-bond donors (Lipinski definition) is 1. The first-order valence-corrected chi connectivity index (χ1v) is 9.88. The van der Waals surface area contributed by atoms with Crippen LogP contribution < -0.4 is 15.0 Å². The molecule has 1 N–H and O–H groups in total. The van der Waals surface area contributed by atoms with Gasteiger partial charge in [-0.2, -0.15) is 0 Å². The summed E-state index contributed by atoms with van der Waals surface area (Å²) in [4.78, 5) is 30.2. The Hall–Kier alpha value is -3.16. The highest BCUT2D eigenvalue weighted by Crippen LogP contribution is 2.30. The summed E-state index contributed by atoms with van der Waals surface area (Å²) < 4.78 is 19.1. The summed E-state index contributed by atoms with van der Waals surface area (Å²) in [7, 11) is 1.35. The first-order valence-electron chi connectivity index (χ1n) is 9.13. The molecule has 0 saturated carbocycles. The molecule has 0 atom stereocenters. The van der Waals surface area contributed by atoms with Gasteiger partial charge in [0.15, 0.2) is 11.6 Å². The molecule has 0 aliphatic heterocycles. The van der Waals surface area contributed by atoms with E-state index in [1.165, 1.54) is 49.4 Å². The zero-order valence-electron chi connectivity index (χ0n) is 16.7. The second kappa shape index (κ2) is 9.76. The van der Waals surface area contributed by atoms with Gasteiger partial charge in [-0.25, -0.2) is 9.37 Å². The lowest BCUT2D eigenvalue weighted by Crippen LogP contribution is -2.24. The molecule has 0 fully saturated rings. The predicted molar refractivity (Wildman–Crippen MR) is 119 cm³/mol. The highest BCUT2D eigenvalue weighted by molar-refractivity contribution is 6.36. The van der Waals surface area contributed by atoms with Crippen molar-refractivity contribution in [1.29, 1.82) is 0 Å². The largest absolute Gasteiger partial charge is 0.494 e. The van der Waals surface area contributed by atoms with Crippen molar-refractivity contribution < 1.29 is 18.7 Å². The first-order chi connectivity index (χ1) is 14.8. The summed E-state index contributed by atoms with van der Waals surface area (Å²) >= 11 is 12.2. The van der Waals surface area contributed by atoms with Crippen molar-refractivity contribution in [2.45, 2.75) is 13.3 Å². The molecule has 2 amide bonds. The van der Waals surface area contributed by atoms with Gasteiger partial charge in [0, 0.05) is 41.0 Å². The second-order valence-electron chi connectivity index (χ2n) is 6.50. The number of rotatable bonds is 6. The van der Waals surface area contributed by atoms with Gasteiger partial charge in [0.2, 0.25) is 11.8 Å². The van der Waals surface area contributed by atoms with E-state index in [1.807, 2.05) is 0 Å². The van der Waals surface area contributed by atoms with Crippen molar-refractivity contribution in [3.8, 4) is 5.75 Å². The third-order valence-corrected chi connectivity index (χ3v) is 5.07. The average Bonchev–Trinajstić information content (AvgIpc) is 2.71. The Morgan fingerprint density at radius 1 is 1.13 bits per heavy atom. The Morgan fingerprint density at radius 2 is 1.84 bits per heavy atom. The number of ether oxygens (including phenoxy) is 1. The average molecular weight is 462 g/mol. The highest BCUT2D eigenvalue weighted by Gasteiger charge is 2.19. The molecule has 0 bridgehead atoms. The lowest BCUT2D eigenvalue weighted by Gasteiger charge is -2.21. The molecular formula is C22H18Cl2FN3O3. The lowest BCUT2D eigenvalue weighted by atomic mass is 10.1. The number of benzene rings is 2. The number of pyridine rings is 1.